The lowest BCUT2D eigenvalue weighted by Gasteiger charge is -2.19. The predicted molar refractivity (Wildman–Crippen MR) is 95.2 cm³/mol. The molecule has 0 rings (SSSR count). The molecule has 3 nitrogen and oxygen atoms in total. The van der Waals surface area contributed by atoms with E-state index in [9.17, 15) is 5.11 Å². The van der Waals surface area contributed by atoms with Crippen molar-refractivity contribution < 1.29 is 14.6 Å². The molecule has 0 spiro atoms. The van der Waals surface area contributed by atoms with Crippen LogP contribution in [-0.2, 0) is 9.47 Å². The first kappa shape index (κ1) is 22.5. The van der Waals surface area contributed by atoms with Crippen molar-refractivity contribution in [2.45, 2.75) is 82.1 Å². The summed E-state index contributed by atoms with van der Waals surface area (Å²) in [4.78, 5) is 0. The summed E-state index contributed by atoms with van der Waals surface area (Å²) < 4.78 is 11.2. The molecule has 0 heterocycles. The minimum absolute atomic E-state index is 0.00965. The van der Waals surface area contributed by atoms with Crippen molar-refractivity contribution in [1.29, 1.82) is 0 Å². The predicted octanol–water partition coefficient (Wildman–Crippen LogP) is 4.76. The molecule has 0 saturated carbocycles. The van der Waals surface area contributed by atoms with Crippen molar-refractivity contribution in [2.75, 3.05) is 26.4 Å². The average molecular weight is 357 g/mol. The van der Waals surface area contributed by atoms with Gasteiger partial charge in [0.15, 0.2) is 0 Å². The van der Waals surface area contributed by atoms with Crippen molar-refractivity contribution in [3.8, 4) is 0 Å². The van der Waals surface area contributed by atoms with Gasteiger partial charge in [-0.05, 0) is 12.8 Å². The summed E-state index contributed by atoms with van der Waals surface area (Å²) in [7, 11) is 0. The van der Waals surface area contributed by atoms with Crippen LogP contribution in [0.15, 0.2) is 0 Å². The summed E-state index contributed by atoms with van der Waals surface area (Å²) >= 11 is 12.4. The van der Waals surface area contributed by atoms with E-state index < -0.39 is 0 Å². The zero-order chi connectivity index (χ0) is 16.6. The van der Waals surface area contributed by atoms with Gasteiger partial charge in [0.25, 0.3) is 0 Å². The van der Waals surface area contributed by atoms with Crippen LogP contribution in [-0.4, -0.2) is 48.4 Å². The highest BCUT2D eigenvalue weighted by atomic mass is 35.5. The normalized spacial score (nSPS) is 15.7. The Morgan fingerprint density at radius 2 is 1.36 bits per heavy atom. The van der Waals surface area contributed by atoms with Gasteiger partial charge in [-0.25, -0.2) is 0 Å². The molecule has 0 aliphatic rings. The van der Waals surface area contributed by atoms with Crippen LogP contribution < -0.4 is 0 Å². The maximum Gasteiger partial charge on any atom is 0.104 e. The zero-order valence-corrected chi connectivity index (χ0v) is 15.7. The minimum Gasteiger partial charge on any atom is -0.394 e. The number of unbranched alkanes of at least 4 members (excludes halogenated alkanes) is 4. The van der Waals surface area contributed by atoms with E-state index in [1.54, 1.807) is 0 Å². The fourth-order valence-electron chi connectivity index (χ4n) is 2.12. The third-order valence-electron chi connectivity index (χ3n) is 3.56. The second-order valence-corrected chi connectivity index (χ2v) is 7.10. The Morgan fingerprint density at radius 1 is 0.818 bits per heavy atom. The average Bonchev–Trinajstić information content (AvgIpc) is 2.51. The number of halogens is 2. The van der Waals surface area contributed by atoms with Gasteiger partial charge in [0.2, 0.25) is 0 Å². The molecule has 0 aliphatic carbocycles. The molecule has 3 atom stereocenters. The first-order valence-corrected chi connectivity index (χ1v) is 9.59. The quantitative estimate of drug-likeness (QED) is 0.320. The van der Waals surface area contributed by atoms with Crippen LogP contribution in [0.1, 0.15) is 65.2 Å². The molecule has 5 heteroatoms. The molecule has 22 heavy (non-hydrogen) atoms. The number of hydrogen-bond donors (Lipinski definition) is 1. The van der Waals surface area contributed by atoms with Crippen LogP contribution in [0.2, 0.25) is 0 Å². The third kappa shape index (κ3) is 14.1. The van der Waals surface area contributed by atoms with Crippen LogP contribution in [0.3, 0.4) is 0 Å². The molecule has 0 amide bonds. The molecule has 3 unspecified atom stereocenters. The van der Waals surface area contributed by atoms with Crippen molar-refractivity contribution in [1.82, 2.24) is 0 Å². The molecule has 0 aromatic rings. The fourth-order valence-corrected chi connectivity index (χ4v) is 2.59. The molecule has 0 aromatic heterocycles. The highest BCUT2D eigenvalue weighted by Gasteiger charge is 2.13. The number of hydrogen-bond acceptors (Lipinski definition) is 3. The second kappa shape index (κ2) is 16.3. The van der Waals surface area contributed by atoms with Gasteiger partial charge in [-0.1, -0.05) is 52.4 Å². The maximum atomic E-state index is 9.31. The topological polar surface area (TPSA) is 38.7 Å². The van der Waals surface area contributed by atoms with Gasteiger partial charge < -0.3 is 14.6 Å². The Balaban J connectivity index is 3.65. The number of aliphatic hydroxyl groups is 1. The second-order valence-electron chi connectivity index (χ2n) is 5.86. The Hall–Kier alpha value is 0.460. The summed E-state index contributed by atoms with van der Waals surface area (Å²) in [6.07, 6.45) is 8.67. The van der Waals surface area contributed by atoms with Crippen molar-refractivity contribution in [3.05, 3.63) is 0 Å². The summed E-state index contributed by atoms with van der Waals surface area (Å²) in [5.41, 5.74) is 0. The Bertz CT molecular complexity index is 230. The van der Waals surface area contributed by atoms with E-state index >= 15 is 0 Å². The molecular formula is C17H34Cl2O3. The third-order valence-corrected chi connectivity index (χ3v) is 4.25. The molecular weight excluding hydrogens is 323 g/mol. The van der Waals surface area contributed by atoms with Gasteiger partial charge in [0, 0.05) is 0 Å². The number of ether oxygens (including phenoxy) is 2. The monoisotopic (exact) mass is 356 g/mol. The van der Waals surface area contributed by atoms with Gasteiger partial charge >= 0.3 is 0 Å². The molecule has 0 fully saturated rings. The van der Waals surface area contributed by atoms with E-state index in [4.69, 9.17) is 32.7 Å². The highest BCUT2D eigenvalue weighted by molar-refractivity contribution is 6.20. The summed E-state index contributed by atoms with van der Waals surface area (Å²) in [5.74, 6) is 0. The molecule has 0 bridgehead atoms. The van der Waals surface area contributed by atoms with Crippen LogP contribution in [0.4, 0.5) is 0 Å². The zero-order valence-electron chi connectivity index (χ0n) is 14.2. The van der Waals surface area contributed by atoms with Gasteiger partial charge in [-0.3, -0.25) is 0 Å². The van der Waals surface area contributed by atoms with Crippen molar-refractivity contribution in [2.24, 2.45) is 0 Å². The minimum atomic E-state index is -0.313. The van der Waals surface area contributed by atoms with E-state index in [1.807, 2.05) is 0 Å². The molecule has 0 aliphatic heterocycles. The van der Waals surface area contributed by atoms with E-state index in [-0.39, 0.29) is 23.5 Å². The summed E-state index contributed by atoms with van der Waals surface area (Å²) in [6.45, 7) is 5.63. The van der Waals surface area contributed by atoms with Gasteiger partial charge in [0.1, 0.15) is 6.10 Å². The number of alkyl halides is 2. The molecule has 134 valence electrons. The lowest BCUT2D eigenvalue weighted by atomic mass is 10.1. The lowest BCUT2D eigenvalue weighted by Crippen LogP contribution is -2.28. The van der Waals surface area contributed by atoms with Crippen LogP contribution in [0.5, 0.6) is 0 Å². The maximum absolute atomic E-state index is 9.31. The molecule has 0 radical (unpaired) electrons. The molecule has 1 N–H and O–H groups in total. The van der Waals surface area contributed by atoms with Crippen molar-refractivity contribution >= 4 is 23.2 Å². The van der Waals surface area contributed by atoms with Gasteiger partial charge in [-0.2, -0.15) is 0 Å². The van der Waals surface area contributed by atoms with E-state index in [0.29, 0.717) is 19.8 Å². The van der Waals surface area contributed by atoms with Crippen LogP contribution in [0, 0.1) is 0 Å². The Morgan fingerprint density at radius 3 is 1.86 bits per heavy atom. The van der Waals surface area contributed by atoms with Crippen molar-refractivity contribution in [3.63, 3.8) is 0 Å². The fraction of sp³-hybridized carbons (Fsp3) is 1.00. The standard InChI is InChI=1S/C17H34Cl2O3/c1-3-5-7-9-15(18)12-21-14-17(11-20)22-13-16(19)10-8-6-4-2/h15-17,20H,3-14H2,1-2H3. The molecule has 0 aromatic carbocycles. The van der Waals surface area contributed by atoms with Gasteiger partial charge in [-0.15, -0.1) is 23.2 Å². The SMILES string of the molecule is CCCCCC(Cl)COCC(CO)OCC(Cl)CCCCC. The van der Waals surface area contributed by atoms with Crippen LogP contribution >= 0.6 is 23.2 Å². The summed E-state index contributed by atoms with van der Waals surface area (Å²) in [6, 6.07) is 0. The van der Waals surface area contributed by atoms with Gasteiger partial charge in [0.05, 0.1) is 37.2 Å². The van der Waals surface area contributed by atoms with E-state index in [2.05, 4.69) is 13.8 Å². The first-order valence-electron chi connectivity index (χ1n) is 8.72. The van der Waals surface area contributed by atoms with E-state index in [0.717, 1.165) is 25.7 Å². The Kier molecular flexibility index (Phi) is 16.7. The summed E-state index contributed by atoms with van der Waals surface area (Å²) in [5, 5.41) is 9.36. The number of aliphatic hydroxyl groups excluding tert-OH is 1. The van der Waals surface area contributed by atoms with Crippen LogP contribution in [0.25, 0.3) is 0 Å². The largest absolute Gasteiger partial charge is 0.394 e. The van der Waals surface area contributed by atoms with E-state index in [1.165, 1.54) is 25.7 Å². The highest BCUT2D eigenvalue weighted by Crippen LogP contribution is 2.12. The molecule has 0 saturated heterocycles. The first-order chi connectivity index (χ1) is 10.6. The lowest BCUT2D eigenvalue weighted by molar-refractivity contribution is -0.0425. The number of rotatable bonds is 16. The Labute approximate surface area is 146 Å². The smallest absolute Gasteiger partial charge is 0.104 e.